The Kier molecular flexibility index (Phi) is 41.5. The second-order valence-electron chi connectivity index (χ2n) is 17.1. The summed E-state index contributed by atoms with van der Waals surface area (Å²) in [5.74, 6) is -0.904. The molecular formula is C52H91NO8P+. The zero-order chi connectivity index (χ0) is 45.7. The number of phosphoric acid groups is 1. The van der Waals surface area contributed by atoms with Gasteiger partial charge in [-0.25, -0.2) is 4.57 Å². The van der Waals surface area contributed by atoms with E-state index in [-0.39, 0.29) is 26.1 Å². The molecule has 1 unspecified atom stereocenters. The van der Waals surface area contributed by atoms with E-state index in [1.54, 1.807) is 0 Å². The van der Waals surface area contributed by atoms with E-state index >= 15 is 0 Å². The summed E-state index contributed by atoms with van der Waals surface area (Å²) in [7, 11) is 1.42. The van der Waals surface area contributed by atoms with Gasteiger partial charge in [0.15, 0.2) is 6.10 Å². The van der Waals surface area contributed by atoms with Crippen LogP contribution in [0.4, 0.5) is 0 Å². The second-order valence-corrected chi connectivity index (χ2v) is 18.6. The molecule has 10 heteroatoms. The molecule has 0 aliphatic carbocycles. The third kappa shape index (κ3) is 46.7. The molecule has 0 aromatic rings. The average molecular weight is 889 g/mol. The summed E-state index contributed by atoms with van der Waals surface area (Å²) in [5.41, 5.74) is 0. The molecule has 0 spiro atoms. The van der Waals surface area contributed by atoms with Crippen LogP contribution < -0.4 is 0 Å². The molecule has 0 aliphatic rings. The van der Waals surface area contributed by atoms with E-state index in [0.29, 0.717) is 23.9 Å². The zero-order valence-electron chi connectivity index (χ0n) is 40.1. The molecule has 2 atom stereocenters. The fourth-order valence-electron chi connectivity index (χ4n) is 6.08. The molecule has 0 aliphatic heterocycles. The van der Waals surface area contributed by atoms with Crippen molar-refractivity contribution in [2.24, 2.45) is 0 Å². The second kappa shape index (κ2) is 43.4. The predicted octanol–water partition coefficient (Wildman–Crippen LogP) is 14.4. The van der Waals surface area contributed by atoms with Crippen molar-refractivity contribution in [3.05, 3.63) is 85.1 Å². The largest absolute Gasteiger partial charge is 0.472 e. The Morgan fingerprint density at radius 3 is 1.35 bits per heavy atom. The summed E-state index contributed by atoms with van der Waals surface area (Å²) >= 11 is 0. The molecular weight excluding hydrogens is 798 g/mol. The van der Waals surface area contributed by atoms with Gasteiger partial charge < -0.3 is 18.9 Å². The van der Waals surface area contributed by atoms with Crippen LogP contribution in [-0.2, 0) is 32.7 Å². The number of rotatable bonds is 43. The van der Waals surface area contributed by atoms with Crippen molar-refractivity contribution < 1.29 is 42.1 Å². The number of ether oxygens (including phenoxy) is 2. The molecule has 0 saturated carbocycles. The lowest BCUT2D eigenvalue weighted by Gasteiger charge is -2.24. The first-order chi connectivity index (χ1) is 30.0. The predicted molar refractivity (Wildman–Crippen MR) is 261 cm³/mol. The first kappa shape index (κ1) is 59.2. The Labute approximate surface area is 380 Å². The van der Waals surface area contributed by atoms with Crippen LogP contribution in [0.5, 0.6) is 0 Å². The van der Waals surface area contributed by atoms with Gasteiger partial charge in [-0.05, 0) is 83.5 Å². The number of unbranched alkanes of at least 4 members (excludes halogenated alkanes) is 15. The molecule has 1 N–H and O–H groups in total. The molecule has 62 heavy (non-hydrogen) atoms. The van der Waals surface area contributed by atoms with E-state index in [9.17, 15) is 19.0 Å². The van der Waals surface area contributed by atoms with Crippen LogP contribution in [0.25, 0.3) is 0 Å². The van der Waals surface area contributed by atoms with Crippen LogP contribution in [0.15, 0.2) is 85.1 Å². The first-order valence-electron chi connectivity index (χ1n) is 24.3. The van der Waals surface area contributed by atoms with Crippen LogP contribution in [0.3, 0.4) is 0 Å². The maximum absolute atomic E-state index is 12.7. The highest BCUT2D eigenvalue weighted by molar-refractivity contribution is 7.47. The number of allylic oxidation sites excluding steroid dienone is 14. The maximum atomic E-state index is 12.7. The minimum Gasteiger partial charge on any atom is -0.462 e. The number of quaternary nitrogens is 1. The van der Waals surface area contributed by atoms with E-state index in [4.69, 9.17) is 18.5 Å². The van der Waals surface area contributed by atoms with E-state index in [1.165, 1.54) is 83.5 Å². The first-order valence-corrected chi connectivity index (χ1v) is 25.8. The monoisotopic (exact) mass is 889 g/mol. The molecule has 0 radical (unpaired) electrons. The van der Waals surface area contributed by atoms with Crippen molar-refractivity contribution in [1.29, 1.82) is 0 Å². The maximum Gasteiger partial charge on any atom is 0.472 e. The van der Waals surface area contributed by atoms with Crippen LogP contribution >= 0.6 is 7.82 Å². The molecule has 356 valence electrons. The lowest BCUT2D eigenvalue weighted by molar-refractivity contribution is -0.870. The Morgan fingerprint density at radius 2 is 0.903 bits per heavy atom. The van der Waals surface area contributed by atoms with Crippen molar-refractivity contribution in [3.63, 3.8) is 0 Å². The van der Waals surface area contributed by atoms with Crippen molar-refractivity contribution in [2.75, 3.05) is 47.5 Å². The minimum atomic E-state index is -4.40. The summed E-state index contributed by atoms with van der Waals surface area (Å²) < 4.78 is 34.3. The fourth-order valence-corrected chi connectivity index (χ4v) is 6.83. The summed E-state index contributed by atoms with van der Waals surface area (Å²) in [6.45, 7) is 4.27. The molecule has 0 amide bonds. The summed E-state index contributed by atoms with van der Waals surface area (Å²) in [4.78, 5) is 35.5. The van der Waals surface area contributed by atoms with Gasteiger partial charge in [-0.1, -0.05) is 170 Å². The number of carbonyl (C=O) groups is 2. The number of nitrogens with zero attached hydrogens (tertiary/aromatic N) is 1. The van der Waals surface area contributed by atoms with E-state index in [0.717, 1.165) is 57.8 Å². The van der Waals surface area contributed by atoms with Gasteiger partial charge in [0.25, 0.3) is 0 Å². The van der Waals surface area contributed by atoms with Gasteiger partial charge in [0.2, 0.25) is 0 Å². The zero-order valence-corrected chi connectivity index (χ0v) is 41.0. The van der Waals surface area contributed by atoms with E-state index in [2.05, 4.69) is 86.8 Å². The highest BCUT2D eigenvalue weighted by Crippen LogP contribution is 2.43. The highest BCUT2D eigenvalue weighted by Gasteiger charge is 2.27. The smallest absolute Gasteiger partial charge is 0.462 e. The van der Waals surface area contributed by atoms with Crippen molar-refractivity contribution in [3.8, 4) is 0 Å². The molecule has 0 rings (SSSR count). The number of carbonyl (C=O) groups excluding carboxylic acids is 2. The van der Waals surface area contributed by atoms with Crippen molar-refractivity contribution in [2.45, 2.75) is 187 Å². The average Bonchev–Trinajstić information content (AvgIpc) is 3.23. The topological polar surface area (TPSA) is 108 Å². The SMILES string of the molecule is CCCCC/C=C/C/C=C/C/C=C/C/C=C/C/C=C/CCC(=O)OC[C@H](COP(=O)(O)OCC[N+](C)(C)C)OC(=O)CCCCCCCCCCC/C=C/C/C=C/CCCCC. The number of likely N-dealkylation sites (N-methyl/N-ethyl adjacent to an activating group) is 1. The van der Waals surface area contributed by atoms with Gasteiger partial charge in [-0.3, -0.25) is 18.6 Å². The van der Waals surface area contributed by atoms with Gasteiger partial charge in [0.1, 0.15) is 19.8 Å². The van der Waals surface area contributed by atoms with Crippen molar-refractivity contribution >= 4 is 19.8 Å². The Hall–Kier alpha value is -2.81. The Balaban J connectivity index is 4.43. The van der Waals surface area contributed by atoms with Gasteiger partial charge >= 0.3 is 19.8 Å². The van der Waals surface area contributed by atoms with Gasteiger partial charge in [0.05, 0.1) is 27.7 Å². The summed E-state index contributed by atoms with van der Waals surface area (Å²) in [6, 6.07) is 0. The summed E-state index contributed by atoms with van der Waals surface area (Å²) in [5, 5.41) is 0. The lowest BCUT2D eigenvalue weighted by atomic mass is 10.1. The normalized spacial score (nSPS) is 14.2. The van der Waals surface area contributed by atoms with Crippen LogP contribution in [0.2, 0.25) is 0 Å². The Bertz CT molecular complexity index is 1330. The van der Waals surface area contributed by atoms with E-state index < -0.39 is 32.5 Å². The van der Waals surface area contributed by atoms with Gasteiger partial charge in [-0.2, -0.15) is 0 Å². The summed E-state index contributed by atoms with van der Waals surface area (Å²) in [6.07, 6.45) is 56.4. The number of hydrogen-bond acceptors (Lipinski definition) is 7. The number of esters is 2. The third-order valence-corrected chi connectivity index (χ3v) is 10.9. The fraction of sp³-hybridized carbons (Fsp3) is 0.692. The van der Waals surface area contributed by atoms with Crippen LogP contribution in [0.1, 0.15) is 181 Å². The standard InChI is InChI=1S/C52H90NO8P/c1-6-8-10-12-14-16-18-20-22-24-26-28-30-32-34-36-38-40-42-44-51(54)58-48-50(49-60-62(56,57)59-47-46-53(3,4)5)61-52(55)45-43-41-39-37-35-33-31-29-27-25-23-21-19-17-15-13-11-9-7-2/h14-17,20-23,26,28,32,34,38,40,50H,6-13,18-19,24-25,27,29-31,33,35-37,39,41-49H2,1-5H3/p+1/b16-14+,17-15+,22-20+,23-21+,28-26+,34-32+,40-38+/t50-/m1/s1. The van der Waals surface area contributed by atoms with Gasteiger partial charge in [0, 0.05) is 12.8 Å². The van der Waals surface area contributed by atoms with Gasteiger partial charge in [-0.15, -0.1) is 0 Å². The molecule has 9 nitrogen and oxygen atoms in total. The number of phosphoric ester groups is 1. The molecule has 0 saturated heterocycles. The number of hydrogen-bond donors (Lipinski definition) is 1. The highest BCUT2D eigenvalue weighted by atomic mass is 31.2. The molecule has 0 bridgehead atoms. The quantitative estimate of drug-likeness (QED) is 0.0212. The van der Waals surface area contributed by atoms with Crippen LogP contribution in [-0.4, -0.2) is 74.9 Å². The molecule has 0 aromatic heterocycles. The minimum absolute atomic E-state index is 0.0157. The molecule has 0 heterocycles. The third-order valence-electron chi connectivity index (χ3n) is 9.91. The molecule has 0 fully saturated rings. The van der Waals surface area contributed by atoms with Crippen LogP contribution in [0, 0.1) is 0 Å². The van der Waals surface area contributed by atoms with Crippen molar-refractivity contribution in [1.82, 2.24) is 0 Å². The molecule has 0 aromatic carbocycles. The van der Waals surface area contributed by atoms with E-state index in [1.807, 2.05) is 33.3 Å². The Morgan fingerprint density at radius 1 is 0.500 bits per heavy atom. The lowest BCUT2D eigenvalue weighted by Crippen LogP contribution is -2.37.